The van der Waals surface area contributed by atoms with Crippen LogP contribution in [0.1, 0.15) is 25.7 Å². The molecule has 2 amide bonds. The number of hydrogen-bond donors (Lipinski definition) is 1. The van der Waals surface area contributed by atoms with E-state index in [1.165, 1.54) is 17.7 Å². The second kappa shape index (κ2) is 7.07. The Bertz CT molecular complexity index is 296. The first-order chi connectivity index (χ1) is 8.20. The Labute approximate surface area is 114 Å². The molecule has 0 aromatic rings. The minimum absolute atomic E-state index is 0. The third kappa shape index (κ3) is 3.67. The summed E-state index contributed by atoms with van der Waals surface area (Å²) in [6, 6.07) is 0.550. The Morgan fingerprint density at radius 1 is 1.22 bits per heavy atom. The number of nitrogens with one attached hydrogen (secondary N) is 1. The lowest BCUT2D eigenvalue weighted by Gasteiger charge is -2.33. The van der Waals surface area contributed by atoms with E-state index in [0.29, 0.717) is 25.4 Å². The third-order valence-corrected chi connectivity index (χ3v) is 3.71. The van der Waals surface area contributed by atoms with Crippen LogP contribution in [0.4, 0.5) is 0 Å². The third-order valence-electron chi connectivity index (χ3n) is 3.71. The summed E-state index contributed by atoms with van der Waals surface area (Å²) < 4.78 is 0. The van der Waals surface area contributed by atoms with Crippen molar-refractivity contribution in [2.75, 3.05) is 33.2 Å². The zero-order valence-corrected chi connectivity index (χ0v) is 11.7. The quantitative estimate of drug-likeness (QED) is 0.747. The van der Waals surface area contributed by atoms with Gasteiger partial charge >= 0.3 is 0 Å². The second-order valence-electron chi connectivity index (χ2n) is 4.87. The molecule has 0 spiro atoms. The highest BCUT2D eigenvalue weighted by atomic mass is 35.5. The smallest absolute Gasteiger partial charge is 0.229 e. The summed E-state index contributed by atoms with van der Waals surface area (Å²) in [6.45, 7) is 3.48. The average molecular weight is 276 g/mol. The van der Waals surface area contributed by atoms with Gasteiger partial charge in [0.15, 0.2) is 0 Å². The van der Waals surface area contributed by atoms with E-state index in [4.69, 9.17) is 0 Å². The number of imide groups is 1. The Morgan fingerprint density at radius 2 is 1.89 bits per heavy atom. The number of amides is 2. The van der Waals surface area contributed by atoms with Crippen molar-refractivity contribution < 1.29 is 9.59 Å². The molecule has 0 bridgehead atoms. The minimum atomic E-state index is -0.00261. The van der Waals surface area contributed by atoms with E-state index in [9.17, 15) is 9.59 Å². The van der Waals surface area contributed by atoms with Crippen LogP contribution in [-0.4, -0.2) is 60.9 Å². The van der Waals surface area contributed by atoms with Gasteiger partial charge in [0.25, 0.3) is 0 Å². The van der Waals surface area contributed by atoms with E-state index in [1.807, 2.05) is 7.05 Å². The molecule has 1 N–H and O–H groups in total. The molecule has 2 saturated heterocycles. The van der Waals surface area contributed by atoms with Crippen LogP contribution < -0.4 is 5.32 Å². The standard InChI is InChI=1S/C12H21N3O2.ClH/c1-13-10-3-2-6-14(9-10)7-8-15-11(16)4-5-12(15)17;/h10,13H,2-9H2,1H3;1H. The maximum Gasteiger partial charge on any atom is 0.229 e. The van der Waals surface area contributed by atoms with Gasteiger partial charge in [-0.1, -0.05) is 0 Å². The first-order valence-electron chi connectivity index (χ1n) is 6.43. The molecule has 2 heterocycles. The normalized spacial score (nSPS) is 25.4. The topological polar surface area (TPSA) is 52.6 Å². The molecule has 0 aromatic heterocycles. The molecule has 6 heteroatoms. The molecule has 2 fully saturated rings. The highest BCUT2D eigenvalue weighted by Gasteiger charge is 2.29. The van der Waals surface area contributed by atoms with Crippen molar-refractivity contribution in [1.82, 2.24) is 15.1 Å². The second-order valence-corrected chi connectivity index (χ2v) is 4.87. The van der Waals surface area contributed by atoms with Crippen molar-refractivity contribution in [2.24, 2.45) is 0 Å². The van der Waals surface area contributed by atoms with Crippen LogP contribution in [-0.2, 0) is 9.59 Å². The van der Waals surface area contributed by atoms with E-state index < -0.39 is 0 Å². The largest absolute Gasteiger partial charge is 0.316 e. The molecule has 18 heavy (non-hydrogen) atoms. The lowest BCUT2D eigenvalue weighted by Crippen LogP contribution is -2.47. The van der Waals surface area contributed by atoms with Crippen LogP contribution in [0.15, 0.2) is 0 Å². The molecule has 0 saturated carbocycles. The summed E-state index contributed by atoms with van der Waals surface area (Å²) in [4.78, 5) is 26.7. The summed E-state index contributed by atoms with van der Waals surface area (Å²) in [5.41, 5.74) is 0. The monoisotopic (exact) mass is 275 g/mol. The van der Waals surface area contributed by atoms with Crippen LogP contribution >= 0.6 is 12.4 Å². The molecule has 104 valence electrons. The average Bonchev–Trinajstić information content (AvgIpc) is 2.67. The summed E-state index contributed by atoms with van der Waals surface area (Å²) in [7, 11) is 1.99. The number of likely N-dealkylation sites (tertiary alicyclic amines) is 2. The SMILES string of the molecule is CNC1CCCN(CCN2C(=O)CCC2=O)C1.Cl. The fourth-order valence-electron chi connectivity index (χ4n) is 2.61. The Kier molecular flexibility index (Phi) is 6.05. The van der Waals surface area contributed by atoms with Gasteiger partial charge in [-0.15, -0.1) is 12.4 Å². The molecule has 0 radical (unpaired) electrons. The lowest BCUT2D eigenvalue weighted by atomic mass is 10.1. The fraction of sp³-hybridized carbons (Fsp3) is 0.833. The number of hydrogen-bond acceptors (Lipinski definition) is 4. The van der Waals surface area contributed by atoms with E-state index in [0.717, 1.165) is 19.6 Å². The molecule has 2 aliphatic heterocycles. The molecule has 5 nitrogen and oxygen atoms in total. The van der Waals surface area contributed by atoms with Crippen LogP contribution in [0, 0.1) is 0 Å². The van der Waals surface area contributed by atoms with Gasteiger partial charge in [-0.05, 0) is 26.4 Å². The van der Waals surface area contributed by atoms with Crippen LogP contribution in [0.3, 0.4) is 0 Å². The predicted molar refractivity (Wildman–Crippen MR) is 71.7 cm³/mol. The van der Waals surface area contributed by atoms with Gasteiger partial charge in [0.05, 0.1) is 0 Å². The summed E-state index contributed by atoms with van der Waals surface area (Å²) in [5.74, 6) is -0.00523. The Balaban J connectivity index is 0.00000162. The predicted octanol–water partition coefficient (Wildman–Crippen LogP) is 0.241. The van der Waals surface area contributed by atoms with Crippen molar-refractivity contribution in [3.63, 3.8) is 0 Å². The minimum Gasteiger partial charge on any atom is -0.316 e. The highest BCUT2D eigenvalue weighted by Crippen LogP contribution is 2.13. The number of halogens is 1. The van der Waals surface area contributed by atoms with Crippen molar-refractivity contribution in [1.29, 1.82) is 0 Å². The summed E-state index contributed by atoms with van der Waals surface area (Å²) in [5, 5.41) is 3.29. The van der Waals surface area contributed by atoms with E-state index >= 15 is 0 Å². The zero-order chi connectivity index (χ0) is 12.3. The number of likely N-dealkylation sites (N-methyl/N-ethyl adjacent to an activating group) is 1. The number of nitrogens with zero attached hydrogens (tertiary/aromatic N) is 2. The van der Waals surface area contributed by atoms with Crippen molar-refractivity contribution in [3.05, 3.63) is 0 Å². The van der Waals surface area contributed by atoms with Gasteiger partial charge in [0.1, 0.15) is 0 Å². The van der Waals surface area contributed by atoms with Crippen molar-refractivity contribution in [2.45, 2.75) is 31.7 Å². The molecular formula is C12H22ClN3O2. The Hall–Kier alpha value is -0.650. The maximum atomic E-state index is 11.5. The Morgan fingerprint density at radius 3 is 2.50 bits per heavy atom. The van der Waals surface area contributed by atoms with Crippen molar-refractivity contribution >= 4 is 24.2 Å². The fourth-order valence-corrected chi connectivity index (χ4v) is 2.61. The number of piperidine rings is 1. The first kappa shape index (κ1) is 15.4. The molecule has 2 aliphatic rings. The van der Waals surface area contributed by atoms with Crippen LogP contribution in [0.5, 0.6) is 0 Å². The van der Waals surface area contributed by atoms with Crippen LogP contribution in [0.2, 0.25) is 0 Å². The molecule has 0 aromatic carbocycles. The number of rotatable bonds is 4. The van der Waals surface area contributed by atoms with E-state index in [-0.39, 0.29) is 24.2 Å². The number of carbonyl (C=O) groups excluding carboxylic acids is 2. The summed E-state index contributed by atoms with van der Waals surface area (Å²) >= 11 is 0. The van der Waals surface area contributed by atoms with Gasteiger partial charge < -0.3 is 10.2 Å². The van der Waals surface area contributed by atoms with E-state index in [2.05, 4.69) is 10.2 Å². The molecule has 1 atom stereocenters. The zero-order valence-electron chi connectivity index (χ0n) is 10.9. The number of carbonyl (C=O) groups is 2. The maximum absolute atomic E-state index is 11.5. The van der Waals surface area contributed by atoms with Crippen LogP contribution in [0.25, 0.3) is 0 Å². The van der Waals surface area contributed by atoms with Gasteiger partial charge in [0.2, 0.25) is 11.8 Å². The van der Waals surface area contributed by atoms with Gasteiger partial charge in [-0.3, -0.25) is 14.5 Å². The first-order valence-corrected chi connectivity index (χ1v) is 6.43. The van der Waals surface area contributed by atoms with Gasteiger partial charge in [0, 0.05) is 38.5 Å². The molecule has 1 unspecified atom stereocenters. The molecular weight excluding hydrogens is 254 g/mol. The molecule has 2 rings (SSSR count). The summed E-state index contributed by atoms with van der Waals surface area (Å²) in [6.07, 6.45) is 3.21. The molecule has 0 aliphatic carbocycles. The van der Waals surface area contributed by atoms with Crippen molar-refractivity contribution in [3.8, 4) is 0 Å². The highest BCUT2D eigenvalue weighted by molar-refractivity contribution is 6.01. The van der Waals surface area contributed by atoms with Gasteiger partial charge in [-0.2, -0.15) is 0 Å². The van der Waals surface area contributed by atoms with E-state index in [1.54, 1.807) is 0 Å². The van der Waals surface area contributed by atoms with Gasteiger partial charge in [-0.25, -0.2) is 0 Å². The lowest BCUT2D eigenvalue weighted by molar-refractivity contribution is -0.138.